The third-order valence-electron chi connectivity index (χ3n) is 1.57. The Bertz CT molecular complexity index is 459. The third-order valence-corrected chi connectivity index (χ3v) is 3.29. The molecular formula is C8H7FN4S2. The molecule has 0 fully saturated rings. The van der Waals surface area contributed by atoms with E-state index in [4.69, 9.17) is 0 Å². The largest absolute Gasteiger partial charge is 0.229 e. The van der Waals surface area contributed by atoms with Crippen LogP contribution in [0.25, 0.3) is 0 Å². The van der Waals surface area contributed by atoms with E-state index in [0.29, 0.717) is 5.03 Å². The number of aromatic nitrogens is 4. The molecule has 0 atom stereocenters. The SMILES string of the molecule is CCc1nsc(Sc2cc(F)ncn2)n1. The fourth-order valence-corrected chi connectivity index (χ4v) is 2.49. The fraction of sp³-hybridized carbons (Fsp3) is 0.250. The van der Waals surface area contributed by atoms with Crippen molar-refractivity contribution < 1.29 is 4.39 Å². The van der Waals surface area contributed by atoms with Gasteiger partial charge in [-0.05, 0) is 23.3 Å². The summed E-state index contributed by atoms with van der Waals surface area (Å²) in [5.74, 6) is 0.268. The van der Waals surface area contributed by atoms with Crippen molar-refractivity contribution in [1.82, 2.24) is 19.3 Å². The minimum Gasteiger partial charge on any atom is -0.229 e. The van der Waals surface area contributed by atoms with Crippen LogP contribution < -0.4 is 0 Å². The second-order valence-electron chi connectivity index (χ2n) is 2.61. The number of halogens is 1. The van der Waals surface area contributed by atoms with Crippen LogP contribution in [0.1, 0.15) is 12.7 Å². The summed E-state index contributed by atoms with van der Waals surface area (Å²) in [6, 6.07) is 1.28. The maximum atomic E-state index is 12.7. The number of aryl methyl sites for hydroxylation is 1. The lowest BCUT2D eigenvalue weighted by molar-refractivity contribution is 0.572. The Kier molecular flexibility index (Phi) is 3.22. The van der Waals surface area contributed by atoms with E-state index in [9.17, 15) is 4.39 Å². The van der Waals surface area contributed by atoms with Crippen molar-refractivity contribution in [2.45, 2.75) is 22.7 Å². The second kappa shape index (κ2) is 4.63. The van der Waals surface area contributed by atoms with E-state index in [1.165, 1.54) is 35.7 Å². The van der Waals surface area contributed by atoms with Gasteiger partial charge in [-0.15, -0.1) is 0 Å². The Morgan fingerprint density at radius 1 is 1.47 bits per heavy atom. The van der Waals surface area contributed by atoms with Gasteiger partial charge < -0.3 is 0 Å². The summed E-state index contributed by atoms with van der Waals surface area (Å²) in [7, 11) is 0. The Balaban J connectivity index is 2.14. The maximum absolute atomic E-state index is 12.7. The number of hydrogen-bond donors (Lipinski definition) is 0. The van der Waals surface area contributed by atoms with E-state index in [0.717, 1.165) is 16.6 Å². The lowest BCUT2D eigenvalue weighted by Crippen LogP contribution is -1.86. The molecule has 15 heavy (non-hydrogen) atoms. The Morgan fingerprint density at radius 3 is 3.00 bits per heavy atom. The van der Waals surface area contributed by atoms with Crippen molar-refractivity contribution in [3.8, 4) is 0 Å². The molecule has 0 spiro atoms. The van der Waals surface area contributed by atoms with Crippen LogP contribution >= 0.6 is 23.3 Å². The lowest BCUT2D eigenvalue weighted by atomic mass is 10.5. The highest BCUT2D eigenvalue weighted by molar-refractivity contribution is 8.00. The molecule has 0 bridgehead atoms. The van der Waals surface area contributed by atoms with Crippen molar-refractivity contribution in [3.63, 3.8) is 0 Å². The van der Waals surface area contributed by atoms with Gasteiger partial charge in [-0.2, -0.15) is 8.76 Å². The van der Waals surface area contributed by atoms with Crippen LogP contribution in [-0.4, -0.2) is 19.3 Å². The molecule has 0 saturated heterocycles. The lowest BCUT2D eigenvalue weighted by Gasteiger charge is -1.94. The van der Waals surface area contributed by atoms with Gasteiger partial charge in [0, 0.05) is 12.5 Å². The molecule has 4 nitrogen and oxygen atoms in total. The van der Waals surface area contributed by atoms with Gasteiger partial charge >= 0.3 is 0 Å². The van der Waals surface area contributed by atoms with E-state index in [2.05, 4.69) is 19.3 Å². The summed E-state index contributed by atoms with van der Waals surface area (Å²) < 4.78 is 17.6. The highest BCUT2D eigenvalue weighted by atomic mass is 32.2. The van der Waals surface area contributed by atoms with Crippen molar-refractivity contribution in [3.05, 3.63) is 24.2 Å². The van der Waals surface area contributed by atoms with Crippen LogP contribution in [0, 0.1) is 5.95 Å². The predicted molar refractivity (Wildman–Crippen MR) is 55.4 cm³/mol. The zero-order valence-electron chi connectivity index (χ0n) is 7.85. The van der Waals surface area contributed by atoms with E-state index >= 15 is 0 Å². The third kappa shape index (κ3) is 2.69. The molecular weight excluding hydrogens is 235 g/mol. The van der Waals surface area contributed by atoms with Gasteiger partial charge in [-0.25, -0.2) is 15.0 Å². The Labute approximate surface area is 94.2 Å². The van der Waals surface area contributed by atoms with Crippen LogP contribution in [0.2, 0.25) is 0 Å². The Morgan fingerprint density at radius 2 is 2.33 bits per heavy atom. The van der Waals surface area contributed by atoms with E-state index in [-0.39, 0.29) is 0 Å². The highest BCUT2D eigenvalue weighted by Gasteiger charge is 2.06. The van der Waals surface area contributed by atoms with Crippen LogP contribution in [0.15, 0.2) is 21.8 Å². The summed E-state index contributed by atoms with van der Waals surface area (Å²) >= 11 is 2.59. The molecule has 2 heterocycles. The quantitative estimate of drug-likeness (QED) is 0.772. The molecule has 0 aliphatic heterocycles. The van der Waals surface area contributed by atoms with Crippen LogP contribution in [0.4, 0.5) is 4.39 Å². The van der Waals surface area contributed by atoms with Crippen molar-refractivity contribution >= 4 is 23.3 Å². The first-order chi connectivity index (χ1) is 7.28. The molecule has 0 aromatic carbocycles. The van der Waals surface area contributed by atoms with Crippen molar-refractivity contribution in [1.29, 1.82) is 0 Å². The van der Waals surface area contributed by atoms with Gasteiger partial charge in [0.25, 0.3) is 0 Å². The molecule has 0 aliphatic carbocycles. The molecule has 0 radical (unpaired) electrons. The summed E-state index contributed by atoms with van der Waals surface area (Å²) in [5.41, 5.74) is 0. The molecule has 7 heteroatoms. The normalized spacial score (nSPS) is 10.5. The van der Waals surface area contributed by atoms with E-state index in [1.807, 2.05) is 6.92 Å². The molecule has 78 valence electrons. The first kappa shape index (κ1) is 10.4. The maximum Gasteiger partial charge on any atom is 0.217 e. The molecule has 2 aromatic rings. The van der Waals surface area contributed by atoms with Crippen LogP contribution in [-0.2, 0) is 6.42 Å². The van der Waals surface area contributed by atoms with Crippen molar-refractivity contribution in [2.24, 2.45) is 0 Å². The number of hydrogen-bond acceptors (Lipinski definition) is 6. The summed E-state index contributed by atoms with van der Waals surface area (Å²) in [4.78, 5) is 11.5. The minimum absolute atomic E-state index is 0.535. The number of rotatable bonds is 3. The van der Waals surface area contributed by atoms with Gasteiger partial charge in [-0.1, -0.05) is 6.92 Å². The molecule has 2 aromatic heterocycles. The molecule has 0 saturated carbocycles. The molecule has 0 N–H and O–H groups in total. The first-order valence-electron chi connectivity index (χ1n) is 4.26. The summed E-state index contributed by atoms with van der Waals surface area (Å²) in [6.07, 6.45) is 1.99. The van der Waals surface area contributed by atoms with Gasteiger partial charge in [0.15, 0.2) is 4.34 Å². The van der Waals surface area contributed by atoms with E-state index in [1.54, 1.807) is 0 Å². The van der Waals surface area contributed by atoms with E-state index < -0.39 is 5.95 Å². The highest BCUT2D eigenvalue weighted by Crippen LogP contribution is 2.27. The molecule has 0 unspecified atom stereocenters. The fourth-order valence-electron chi connectivity index (χ4n) is 0.886. The zero-order chi connectivity index (χ0) is 10.7. The molecule has 0 amide bonds. The minimum atomic E-state index is -0.535. The van der Waals surface area contributed by atoms with Gasteiger partial charge in [0.05, 0.1) is 0 Å². The topological polar surface area (TPSA) is 51.6 Å². The zero-order valence-corrected chi connectivity index (χ0v) is 9.48. The van der Waals surface area contributed by atoms with Crippen LogP contribution in [0.3, 0.4) is 0 Å². The predicted octanol–water partition coefficient (Wildman–Crippen LogP) is 2.18. The summed E-state index contributed by atoms with van der Waals surface area (Å²) in [5, 5.41) is 0.543. The molecule has 0 aliphatic rings. The van der Waals surface area contributed by atoms with Gasteiger partial charge in [-0.3, -0.25) is 0 Å². The van der Waals surface area contributed by atoms with Gasteiger partial charge in [0.2, 0.25) is 5.95 Å². The first-order valence-corrected chi connectivity index (χ1v) is 5.85. The average Bonchev–Trinajstić information content (AvgIpc) is 2.65. The smallest absolute Gasteiger partial charge is 0.217 e. The number of nitrogens with zero attached hydrogens (tertiary/aromatic N) is 4. The van der Waals surface area contributed by atoms with Gasteiger partial charge in [0.1, 0.15) is 17.2 Å². The monoisotopic (exact) mass is 242 g/mol. The second-order valence-corrected chi connectivity index (χ2v) is 4.63. The van der Waals surface area contributed by atoms with Crippen molar-refractivity contribution in [2.75, 3.05) is 0 Å². The summed E-state index contributed by atoms with van der Waals surface area (Å²) in [6.45, 7) is 1.99. The standard InChI is InChI=1S/C8H7FN4S2/c1-2-6-12-8(15-13-6)14-7-3-5(9)10-4-11-7/h3-4H,2H2,1H3. The Hall–Kier alpha value is -1.08. The van der Waals surface area contributed by atoms with Crippen LogP contribution in [0.5, 0.6) is 0 Å². The average molecular weight is 242 g/mol. The molecule has 2 rings (SSSR count).